The van der Waals surface area contributed by atoms with E-state index in [-0.39, 0.29) is 6.04 Å². The van der Waals surface area contributed by atoms with Crippen molar-refractivity contribution in [1.82, 2.24) is 20.5 Å². The van der Waals surface area contributed by atoms with Crippen LogP contribution in [0.25, 0.3) is 0 Å². The second-order valence-electron chi connectivity index (χ2n) is 6.92. The normalized spacial score (nSPS) is 16.2. The molecule has 1 atom stereocenters. The van der Waals surface area contributed by atoms with E-state index in [2.05, 4.69) is 39.6 Å². The third-order valence-electron chi connectivity index (χ3n) is 4.95. The van der Waals surface area contributed by atoms with Crippen LogP contribution in [0.15, 0.2) is 35.5 Å². The zero-order chi connectivity index (χ0) is 19.8. The van der Waals surface area contributed by atoms with Gasteiger partial charge in [0.15, 0.2) is 5.96 Å². The minimum absolute atomic E-state index is 0.258. The van der Waals surface area contributed by atoms with Crippen LogP contribution in [0.2, 0.25) is 0 Å². The van der Waals surface area contributed by atoms with Crippen LogP contribution in [0, 0.1) is 6.92 Å². The van der Waals surface area contributed by atoms with Crippen LogP contribution in [-0.4, -0.2) is 49.1 Å². The van der Waals surface area contributed by atoms with Crippen LogP contribution < -0.4 is 15.4 Å². The number of hydrogen-bond donors (Lipinski definition) is 2. The molecule has 1 aromatic heterocycles. The first-order valence-corrected chi connectivity index (χ1v) is 10.8. The maximum Gasteiger partial charge on any atom is 0.191 e. The van der Waals surface area contributed by atoms with Crippen LogP contribution in [0.1, 0.15) is 41.3 Å². The molecule has 1 aromatic carbocycles. The molecule has 0 amide bonds. The number of aliphatic imine (C=N–C) groups is 1. The maximum atomic E-state index is 5.64. The Kier molecular flexibility index (Phi) is 7.68. The SMILES string of the molecule is CCNC(=NCc1cnc(C)s1)NCC(c1ccccc1OC)N1CCCC1. The van der Waals surface area contributed by atoms with Crippen molar-refractivity contribution in [2.75, 3.05) is 33.3 Å². The lowest BCUT2D eigenvalue weighted by Gasteiger charge is -2.30. The zero-order valence-electron chi connectivity index (χ0n) is 17.1. The van der Waals surface area contributed by atoms with Gasteiger partial charge in [-0.2, -0.15) is 0 Å². The second kappa shape index (κ2) is 10.4. The van der Waals surface area contributed by atoms with Crippen LogP contribution in [-0.2, 0) is 6.54 Å². The average Bonchev–Trinajstić information content (AvgIpc) is 3.38. The molecule has 0 aliphatic carbocycles. The summed E-state index contributed by atoms with van der Waals surface area (Å²) in [5.74, 6) is 1.79. The number of likely N-dealkylation sites (tertiary alicyclic amines) is 1. The molecule has 7 heteroatoms. The summed E-state index contributed by atoms with van der Waals surface area (Å²) in [6.07, 6.45) is 4.42. The number of aromatic nitrogens is 1. The van der Waals surface area contributed by atoms with Crippen molar-refractivity contribution in [2.24, 2.45) is 4.99 Å². The lowest BCUT2D eigenvalue weighted by molar-refractivity contribution is 0.239. The summed E-state index contributed by atoms with van der Waals surface area (Å²) in [5, 5.41) is 7.99. The van der Waals surface area contributed by atoms with Crippen LogP contribution >= 0.6 is 11.3 Å². The Labute approximate surface area is 172 Å². The largest absolute Gasteiger partial charge is 0.496 e. The van der Waals surface area contributed by atoms with Gasteiger partial charge in [0.2, 0.25) is 0 Å². The van der Waals surface area contributed by atoms with E-state index < -0.39 is 0 Å². The summed E-state index contributed by atoms with van der Waals surface area (Å²) in [7, 11) is 1.75. The number of methoxy groups -OCH3 is 1. The average molecular weight is 402 g/mol. The van der Waals surface area contributed by atoms with E-state index in [0.29, 0.717) is 6.54 Å². The summed E-state index contributed by atoms with van der Waals surface area (Å²) < 4.78 is 5.64. The lowest BCUT2D eigenvalue weighted by Crippen LogP contribution is -2.42. The standard InChI is InChI=1S/C21H31N5OS/c1-4-22-21(24-14-17-13-23-16(2)28-17)25-15-19(26-11-7-8-12-26)18-9-5-6-10-20(18)27-3/h5-6,9-10,13,19H,4,7-8,11-12,14-15H2,1-3H3,(H2,22,24,25). The molecule has 1 aliphatic rings. The van der Waals surface area contributed by atoms with Gasteiger partial charge in [0.25, 0.3) is 0 Å². The van der Waals surface area contributed by atoms with E-state index in [1.54, 1.807) is 18.4 Å². The van der Waals surface area contributed by atoms with Crippen molar-refractivity contribution in [1.29, 1.82) is 0 Å². The molecule has 6 nitrogen and oxygen atoms in total. The predicted molar refractivity (Wildman–Crippen MR) is 116 cm³/mol. The number of guanidine groups is 1. The molecule has 1 aliphatic heterocycles. The molecule has 1 unspecified atom stereocenters. The smallest absolute Gasteiger partial charge is 0.191 e. The zero-order valence-corrected chi connectivity index (χ0v) is 17.9. The maximum absolute atomic E-state index is 5.64. The molecule has 2 heterocycles. The molecule has 0 saturated carbocycles. The van der Waals surface area contributed by atoms with Crippen molar-refractivity contribution in [3.8, 4) is 5.75 Å². The number of nitrogens with zero attached hydrogens (tertiary/aromatic N) is 3. The van der Waals surface area contributed by atoms with Gasteiger partial charge in [-0.3, -0.25) is 4.90 Å². The minimum Gasteiger partial charge on any atom is -0.496 e. The highest BCUT2D eigenvalue weighted by Crippen LogP contribution is 2.31. The number of aryl methyl sites for hydroxylation is 1. The summed E-state index contributed by atoms with van der Waals surface area (Å²) in [6.45, 7) is 8.62. The fourth-order valence-corrected chi connectivity index (χ4v) is 4.32. The van der Waals surface area contributed by atoms with Crippen molar-refractivity contribution in [3.05, 3.63) is 45.9 Å². The fourth-order valence-electron chi connectivity index (χ4n) is 3.60. The van der Waals surface area contributed by atoms with Crippen LogP contribution in [0.5, 0.6) is 5.75 Å². The van der Waals surface area contributed by atoms with Gasteiger partial charge in [-0.15, -0.1) is 11.3 Å². The van der Waals surface area contributed by atoms with Gasteiger partial charge >= 0.3 is 0 Å². The molecule has 0 radical (unpaired) electrons. The second-order valence-corrected chi connectivity index (χ2v) is 8.24. The van der Waals surface area contributed by atoms with Gasteiger partial charge in [-0.1, -0.05) is 18.2 Å². The number of nitrogens with one attached hydrogen (secondary N) is 2. The first-order chi connectivity index (χ1) is 13.7. The molecule has 0 bridgehead atoms. The molecule has 2 aromatic rings. The molecule has 0 spiro atoms. The number of thiazole rings is 1. The Bertz CT molecular complexity index is 770. The predicted octanol–water partition coefficient (Wildman–Crippen LogP) is 3.35. The Morgan fingerprint density at radius 3 is 2.75 bits per heavy atom. The van der Waals surface area contributed by atoms with Crippen molar-refractivity contribution in [3.63, 3.8) is 0 Å². The summed E-state index contributed by atoms with van der Waals surface area (Å²) >= 11 is 1.70. The molecular formula is C21H31N5OS. The van der Waals surface area contributed by atoms with Crippen LogP contribution in [0.3, 0.4) is 0 Å². The van der Waals surface area contributed by atoms with Gasteiger partial charge in [0, 0.05) is 29.7 Å². The van der Waals surface area contributed by atoms with E-state index in [1.807, 2.05) is 25.3 Å². The van der Waals surface area contributed by atoms with Gasteiger partial charge < -0.3 is 15.4 Å². The summed E-state index contributed by atoms with van der Waals surface area (Å²) in [6, 6.07) is 8.59. The number of ether oxygens (including phenoxy) is 1. The Morgan fingerprint density at radius 2 is 2.07 bits per heavy atom. The third kappa shape index (κ3) is 5.45. The van der Waals surface area contributed by atoms with E-state index >= 15 is 0 Å². The molecule has 1 saturated heterocycles. The van der Waals surface area contributed by atoms with Gasteiger partial charge in [0.1, 0.15) is 5.75 Å². The van der Waals surface area contributed by atoms with E-state index in [4.69, 9.17) is 9.73 Å². The Hall–Kier alpha value is -2.12. The number of benzene rings is 1. The van der Waals surface area contributed by atoms with Crippen LogP contribution in [0.4, 0.5) is 0 Å². The minimum atomic E-state index is 0.258. The van der Waals surface area contributed by atoms with E-state index in [9.17, 15) is 0 Å². The molecule has 2 N–H and O–H groups in total. The fraction of sp³-hybridized carbons (Fsp3) is 0.524. The van der Waals surface area contributed by atoms with E-state index in [1.165, 1.54) is 23.3 Å². The Balaban J connectivity index is 1.73. The summed E-state index contributed by atoms with van der Waals surface area (Å²) in [5.41, 5.74) is 1.23. The monoisotopic (exact) mass is 401 g/mol. The number of rotatable bonds is 8. The topological polar surface area (TPSA) is 61.8 Å². The third-order valence-corrected chi connectivity index (χ3v) is 5.85. The van der Waals surface area contributed by atoms with Crippen molar-refractivity contribution in [2.45, 2.75) is 39.3 Å². The summed E-state index contributed by atoms with van der Waals surface area (Å²) in [4.78, 5) is 12.8. The molecule has 28 heavy (non-hydrogen) atoms. The number of hydrogen-bond acceptors (Lipinski definition) is 5. The highest BCUT2D eigenvalue weighted by molar-refractivity contribution is 7.11. The highest BCUT2D eigenvalue weighted by Gasteiger charge is 2.26. The molecule has 3 rings (SSSR count). The quantitative estimate of drug-likeness (QED) is 0.525. The first-order valence-electron chi connectivity index (χ1n) is 10.0. The van der Waals surface area contributed by atoms with E-state index in [0.717, 1.165) is 42.9 Å². The lowest BCUT2D eigenvalue weighted by atomic mass is 10.0. The van der Waals surface area contributed by atoms with Gasteiger partial charge in [-0.05, 0) is 45.8 Å². The number of para-hydroxylation sites is 1. The van der Waals surface area contributed by atoms with Gasteiger partial charge in [0.05, 0.1) is 24.7 Å². The van der Waals surface area contributed by atoms with Gasteiger partial charge in [-0.25, -0.2) is 9.98 Å². The van der Waals surface area contributed by atoms with Crippen molar-refractivity contribution < 1.29 is 4.74 Å². The molecule has 152 valence electrons. The molecular weight excluding hydrogens is 370 g/mol. The highest BCUT2D eigenvalue weighted by atomic mass is 32.1. The first kappa shape index (κ1) is 20.6. The molecule has 1 fully saturated rings. The van der Waals surface area contributed by atoms with Crippen molar-refractivity contribution >= 4 is 17.3 Å². The Morgan fingerprint density at radius 1 is 1.29 bits per heavy atom.